The maximum Gasteiger partial charge on any atom is 0.250 e. The van der Waals surface area contributed by atoms with Crippen LogP contribution in [0.15, 0.2) is 48.5 Å². The van der Waals surface area contributed by atoms with Crippen LogP contribution >= 0.6 is 0 Å². The Morgan fingerprint density at radius 3 is 2.45 bits per heavy atom. The average Bonchev–Trinajstić information content (AvgIpc) is 2.49. The Bertz CT molecular complexity index is 593. The molecule has 0 atom stereocenters. The Balaban J connectivity index is 2.28. The molecule has 0 aliphatic carbocycles. The lowest BCUT2D eigenvalue weighted by atomic mass is 9.98. The highest BCUT2D eigenvalue weighted by atomic mass is 16.7. The predicted octanol–water partition coefficient (Wildman–Crippen LogP) is 3.22. The lowest BCUT2D eigenvalue weighted by Gasteiger charge is -2.15. The summed E-state index contributed by atoms with van der Waals surface area (Å²) < 4.78 is 0. The summed E-state index contributed by atoms with van der Waals surface area (Å²) in [4.78, 5) is 16.9. The summed E-state index contributed by atoms with van der Waals surface area (Å²) in [7, 11) is 3.11. The molecule has 0 saturated carbocycles. The Morgan fingerprint density at radius 1 is 1.10 bits per heavy atom. The molecule has 2 aromatic rings. The molecule has 3 nitrogen and oxygen atoms in total. The standard InChI is InChI=1S/C17H19NO2/c1-13-9-10-15(14-7-5-4-6-8-14)11-16(13)12-17(19)18(2)20-3/h4-11H,12H2,1-3H3. The van der Waals surface area contributed by atoms with Crippen molar-refractivity contribution < 1.29 is 9.63 Å². The SMILES string of the molecule is CON(C)C(=O)Cc1cc(-c2ccccc2)ccc1C. The van der Waals surface area contributed by atoms with Gasteiger partial charge in [0.25, 0.3) is 0 Å². The van der Waals surface area contributed by atoms with Gasteiger partial charge in [-0.1, -0.05) is 48.5 Å². The van der Waals surface area contributed by atoms with E-state index in [0.717, 1.165) is 22.3 Å². The molecule has 2 aromatic carbocycles. The van der Waals surface area contributed by atoms with Crippen LogP contribution in [0.25, 0.3) is 11.1 Å². The summed E-state index contributed by atoms with van der Waals surface area (Å²) in [6.45, 7) is 2.02. The van der Waals surface area contributed by atoms with Crippen molar-refractivity contribution in [3.63, 3.8) is 0 Å². The Morgan fingerprint density at radius 2 is 1.80 bits per heavy atom. The summed E-state index contributed by atoms with van der Waals surface area (Å²) >= 11 is 0. The number of likely N-dealkylation sites (N-methyl/N-ethyl adjacent to an activating group) is 1. The van der Waals surface area contributed by atoms with Gasteiger partial charge in [-0.05, 0) is 29.2 Å². The van der Waals surface area contributed by atoms with Crippen LogP contribution in [0.1, 0.15) is 11.1 Å². The van der Waals surface area contributed by atoms with E-state index in [4.69, 9.17) is 4.84 Å². The minimum absolute atomic E-state index is 0.0548. The van der Waals surface area contributed by atoms with Gasteiger partial charge in [-0.2, -0.15) is 0 Å². The van der Waals surface area contributed by atoms with Crippen LogP contribution in [-0.4, -0.2) is 25.1 Å². The van der Waals surface area contributed by atoms with E-state index in [-0.39, 0.29) is 5.91 Å². The van der Waals surface area contributed by atoms with E-state index in [9.17, 15) is 4.79 Å². The molecule has 0 N–H and O–H groups in total. The zero-order valence-corrected chi connectivity index (χ0v) is 12.1. The minimum atomic E-state index is -0.0548. The third-order valence-corrected chi connectivity index (χ3v) is 3.42. The summed E-state index contributed by atoms with van der Waals surface area (Å²) in [5.74, 6) is -0.0548. The van der Waals surface area contributed by atoms with Gasteiger partial charge in [0, 0.05) is 7.05 Å². The first-order valence-electron chi connectivity index (χ1n) is 6.57. The summed E-state index contributed by atoms with van der Waals surface area (Å²) in [6, 6.07) is 16.4. The van der Waals surface area contributed by atoms with Crippen molar-refractivity contribution in [2.45, 2.75) is 13.3 Å². The largest absolute Gasteiger partial charge is 0.275 e. The molecular formula is C17H19NO2. The van der Waals surface area contributed by atoms with E-state index in [1.54, 1.807) is 7.05 Å². The molecule has 0 spiro atoms. The third-order valence-electron chi connectivity index (χ3n) is 3.42. The molecule has 2 rings (SSSR count). The van der Waals surface area contributed by atoms with Crippen molar-refractivity contribution in [1.82, 2.24) is 5.06 Å². The molecule has 0 aromatic heterocycles. The Kier molecular flexibility index (Phi) is 4.53. The first-order valence-corrected chi connectivity index (χ1v) is 6.57. The summed E-state index contributed by atoms with van der Waals surface area (Å²) in [6.07, 6.45) is 0.344. The highest BCUT2D eigenvalue weighted by Gasteiger charge is 2.11. The molecule has 0 aliphatic heterocycles. The van der Waals surface area contributed by atoms with Gasteiger partial charge in [0.1, 0.15) is 0 Å². The molecule has 3 heteroatoms. The van der Waals surface area contributed by atoms with E-state index in [1.807, 2.05) is 25.1 Å². The van der Waals surface area contributed by atoms with Gasteiger partial charge in [0.05, 0.1) is 13.5 Å². The molecule has 0 heterocycles. The summed E-state index contributed by atoms with van der Waals surface area (Å²) in [5.41, 5.74) is 4.42. The zero-order chi connectivity index (χ0) is 14.5. The lowest BCUT2D eigenvalue weighted by molar-refractivity contribution is -0.167. The van der Waals surface area contributed by atoms with E-state index in [2.05, 4.69) is 30.3 Å². The second kappa shape index (κ2) is 6.35. The number of rotatable bonds is 4. The van der Waals surface area contributed by atoms with Crippen LogP contribution in [0.4, 0.5) is 0 Å². The first-order chi connectivity index (χ1) is 9.61. The maximum absolute atomic E-state index is 11.9. The fraction of sp³-hybridized carbons (Fsp3) is 0.235. The van der Waals surface area contributed by atoms with Crippen molar-refractivity contribution in [1.29, 1.82) is 0 Å². The Labute approximate surface area is 119 Å². The van der Waals surface area contributed by atoms with Crippen LogP contribution < -0.4 is 0 Å². The number of hydrogen-bond donors (Lipinski definition) is 0. The molecule has 0 saturated heterocycles. The molecule has 104 valence electrons. The van der Waals surface area contributed by atoms with E-state index >= 15 is 0 Å². The van der Waals surface area contributed by atoms with E-state index in [1.165, 1.54) is 12.2 Å². The van der Waals surface area contributed by atoms with Crippen molar-refractivity contribution >= 4 is 5.91 Å². The van der Waals surface area contributed by atoms with Crippen molar-refractivity contribution in [2.75, 3.05) is 14.2 Å². The highest BCUT2D eigenvalue weighted by molar-refractivity contribution is 5.78. The number of amides is 1. The molecular weight excluding hydrogens is 250 g/mol. The number of aryl methyl sites for hydroxylation is 1. The van der Waals surface area contributed by atoms with Gasteiger partial charge in [0.2, 0.25) is 5.91 Å². The number of nitrogens with zero attached hydrogens (tertiary/aromatic N) is 1. The van der Waals surface area contributed by atoms with Crippen molar-refractivity contribution in [3.05, 3.63) is 59.7 Å². The number of carbonyl (C=O) groups is 1. The van der Waals surface area contributed by atoms with Gasteiger partial charge in [-0.15, -0.1) is 0 Å². The highest BCUT2D eigenvalue weighted by Crippen LogP contribution is 2.22. The van der Waals surface area contributed by atoms with Crippen LogP contribution in [0.2, 0.25) is 0 Å². The van der Waals surface area contributed by atoms with Crippen molar-refractivity contribution in [2.24, 2.45) is 0 Å². The zero-order valence-electron chi connectivity index (χ0n) is 12.1. The van der Waals surface area contributed by atoms with Crippen LogP contribution in [0.3, 0.4) is 0 Å². The molecule has 0 unspecified atom stereocenters. The molecule has 20 heavy (non-hydrogen) atoms. The van der Waals surface area contributed by atoms with E-state index < -0.39 is 0 Å². The fourth-order valence-corrected chi connectivity index (χ4v) is 2.05. The average molecular weight is 269 g/mol. The second-order valence-corrected chi connectivity index (χ2v) is 4.76. The molecule has 0 bridgehead atoms. The van der Waals surface area contributed by atoms with Gasteiger partial charge < -0.3 is 0 Å². The van der Waals surface area contributed by atoms with Crippen LogP contribution in [0.5, 0.6) is 0 Å². The monoisotopic (exact) mass is 269 g/mol. The smallest absolute Gasteiger partial charge is 0.250 e. The molecule has 0 fully saturated rings. The molecule has 1 amide bonds. The summed E-state index contributed by atoms with van der Waals surface area (Å²) in [5, 5.41) is 1.26. The maximum atomic E-state index is 11.9. The van der Waals surface area contributed by atoms with Gasteiger partial charge in [-0.25, -0.2) is 5.06 Å². The van der Waals surface area contributed by atoms with Gasteiger partial charge in [0.15, 0.2) is 0 Å². The Hall–Kier alpha value is -2.13. The minimum Gasteiger partial charge on any atom is -0.275 e. The molecule has 0 aliphatic rings. The predicted molar refractivity (Wildman–Crippen MR) is 80.1 cm³/mol. The normalized spacial score (nSPS) is 10.3. The second-order valence-electron chi connectivity index (χ2n) is 4.76. The molecule has 0 radical (unpaired) electrons. The fourth-order valence-electron chi connectivity index (χ4n) is 2.05. The number of carbonyl (C=O) groups excluding carboxylic acids is 1. The quantitative estimate of drug-likeness (QED) is 0.798. The lowest BCUT2D eigenvalue weighted by Crippen LogP contribution is -2.27. The number of hydroxylamine groups is 2. The number of hydrogen-bond acceptors (Lipinski definition) is 2. The number of benzene rings is 2. The van der Waals surface area contributed by atoms with E-state index in [0.29, 0.717) is 6.42 Å². The van der Waals surface area contributed by atoms with Crippen LogP contribution in [-0.2, 0) is 16.1 Å². The van der Waals surface area contributed by atoms with Crippen LogP contribution in [0, 0.1) is 6.92 Å². The topological polar surface area (TPSA) is 29.5 Å². The van der Waals surface area contributed by atoms with Crippen molar-refractivity contribution in [3.8, 4) is 11.1 Å². The third kappa shape index (κ3) is 3.25. The van der Waals surface area contributed by atoms with Gasteiger partial charge >= 0.3 is 0 Å². The van der Waals surface area contributed by atoms with Gasteiger partial charge in [-0.3, -0.25) is 9.63 Å². The first kappa shape index (κ1) is 14.3.